The van der Waals surface area contributed by atoms with Crippen LogP contribution in [-0.4, -0.2) is 21.3 Å². The van der Waals surface area contributed by atoms with Gasteiger partial charge in [0.15, 0.2) is 0 Å². The van der Waals surface area contributed by atoms with Crippen molar-refractivity contribution in [2.24, 2.45) is 0 Å². The van der Waals surface area contributed by atoms with E-state index in [1.165, 1.54) is 11.1 Å². The van der Waals surface area contributed by atoms with Gasteiger partial charge >= 0.3 is 0 Å². The fourth-order valence-corrected chi connectivity index (χ4v) is 3.27. The second kappa shape index (κ2) is 5.75. The first kappa shape index (κ1) is 13.3. The van der Waals surface area contributed by atoms with E-state index < -0.39 is 0 Å². The van der Waals surface area contributed by atoms with Crippen LogP contribution in [-0.2, 0) is 0 Å². The van der Waals surface area contributed by atoms with Gasteiger partial charge in [0.25, 0.3) is 0 Å². The van der Waals surface area contributed by atoms with E-state index in [2.05, 4.69) is 53.5 Å². The molecule has 0 saturated heterocycles. The van der Waals surface area contributed by atoms with E-state index in [1.54, 1.807) is 6.33 Å². The lowest BCUT2D eigenvalue weighted by molar-refractivity contribution is 0.278. The molecule has 0 bridgehead atoms. The van der Waals surface area contributed by atoms with Crippen LogP contribution in [0.3, 0.4) is 0 Å². The maximum atomic E-state index is 4.37. The third kappa shape index (κ3) is 2.36. The minimum Gasteiger partial charge on any atom is -0.308 e. The van der Waals surface area contributed by atoms with Crippen molar-refractivity contribution in [1.82, 2.24) is 20.1 Å². The summed E-state index contributed by atoms with van der Waals surface area (Å²) in [5.41, 5.74) is 2.89. The van der Waals surface area contributed by atoms with Crippen LogP contribution in [0.2, 0.25) is 0 Å². The van der Waals surface area contributed by atoms with Gasteiger partial charge in [-0.1, -0.05) is 38.1 Å². The van der Waals surface area contributed by atoms with Gasteiger partial charge in [0.2, 0.25) is 0 Å². The molecule has 1 N–H and O–H groups in total. The summed E-state index contributed by atoms with van der Waals surface area (Å²) < 4.78 is 2.01. The Kier molecular flexibility index (Phi) is 3.83. The van der Waals surface area contributed by atoms with Gasteiger partial charge in [0.1, 0.15) is 12.7 Å². The third-order valence-electron chi connectivity index (χ3n) is 4.23. The second-order valence-electron chi connectivity index (χ2n) is 5.64. The molecule has 4 nitrogen and oxygen atoms in total. The van der Waals surface area contributed by atoms with Gasteiger partial charge in [-0.25, -0.2) is 9.67 Å². The van der Waals surface area contributed by atoms with E-state index in [-0.39, 0.29) is 0 Å². The van der Waals surface area contributed by atoms with Crippen molar-refractivity contribution >= 4 is 0 Å². The van der Waals surface area contributed by atoms with Crippen molar-refractivity contribution in [2.45, 2.75) is 44.7 Å². The molecule has 0 radical (unpaired) electrons. The predicted octanol–water partition coefficient (Wildman–Crippen LogP) is 3.07. The van der Waals surface area contributed by atoms with E-state index in [0.717, 1.165) is 19.4 Å². The average molecular weight is 270 g/mol. The van der Waals surface area contributed by atoms with Crippen LogP contribution >= 0.6 is 0 Å². The zero-order chi connectivity index (χ0) is 13.9. The highest BCUT2D eigenvalue weighted by atomic mass is 15.3. The highest BCUT2D eigenvalue weighted by Crippen LogP contribution is 2.43. The number of nitrogens with one attached hydrogen (secondary N) is 1. The van der Waals surface area contributed by atoms with E-state index in [4.69, 9.17) is 0 Å². The topological polar surface area (TPSA) is 42.7 Å². The van der Waals surface area contributed by atoms with Crippen molar-refractivity contribution < 1.29 is 0 Å². The molecular weight excluding hydrogens is 248 g/mol. The summed E-state index contributed by atoms with van der Waals surface area (Å²) in [6.45, 7) is 5.53. The highest BCUT2D eigenvalue weighted by Gasteiger charge is 2.34. The van der Waals surface area contributed by atoms with Gasteiger partial charge in [-0.3, -0.25) is 0 Å². The van der Waals surface area contributed by atoms with Crippen molar-refractivity contribution in [2.75, 3.05) is 6.54 Å². The quantitative estimate of drug-likeness (QED) is 0.928. The molecule has 0 saturated carbocycles. The van der Waals surface area contributed by atoms with Crippen LogP contribution in [0.1, 0.15) is 55.8 Å². The molecule has 0 fully saturated rings. The maximum absolute atomic E-state index is 4.37. The summed E-state index contributed by atoms with van der Waals surface area (Å²) in [4.78, 5) is 4.12. The van der Waals surface area contributed by atoms with Crippen LogP contribution in [0.5, 0.6) is 0 Å². The Morgan fingerprint density at radius 2 is 2.10 bits per heavy atom. The predicted molar refractivity (Wildman–Crippen MR) is 79.6 cm³/mol. The van der Waals surface area contributed by atoms with Gasteiger partial charge < -0.3 is 5.32 Å². The fourth-order valence-electron chi connectivity index (χ4n) is 3.27. The van der Waals surface area contributed by atoms with Crippen LogP contribution in [0.25, 0.3) is 0 Å². The first-order chi connectivity index (χ1) is 9.81. The lowest BCUT2D eigenvalue weighted by atomic mass is 9.78. The van der Waals surface area contributed by atoms with Crippen LogP contribution in [0.4, 0.5) is 0 Å². The molecule has 2 aromatic rings. The maximum Gasteiger partial charge on any atom is 0.137 e. The Balaban J connectivity index is 1.99. The average Bonchev–Trinajstić information content (AvgIpc) is 3.00. The van der Waals surface area contributed by atoms with E-state index in [0.29, 0.717) is 18.0 Å². The summed E-state index contributed by atoms with van der Waals surface area (Å²) in [5, 5.41) is 8.07. The Morgan fingerprint density at radius 1 is 1.30 bits per heavy atom. The number of rotatable bonds is 4. The SMILES string of the molecule is CCCNC1c2ccccc2C(C)CC1n1cncn1. The zero-order valence-corrected chi connectivity index (χ0v) is 12.2. The van der Waals surface area contributed by atoms with Gasteiger partial charge in [0.05, 0.1) is 12.1 Å². The molecule has 1 aliphatic rings. The third-order valence-corrected chi connectivity index (χ3v) is 4.23. The first-order valence-electron chi connectivity index (χ1n) is 7.47. The largest absolute Gasteiger partial charge is 0.308 e. The smallest absolute Gasteiger partial charge is 0.137 e. The molecule has 106 valence electrons. The molecule has 1 aliphatic carbocycles. The highest BCUT2D eigenvalue weighted by molar-refractivity contribution is 5.36. The monoisotopic (exact) mass is 270 g/mol. The fraction of sp³-hybridized carbons (Fsp3) is 0.500. The molecule has 3 rings (SSSR count). The summed E-state index contributed by atoms with van der Waals surface area (Å²) in [6.07, 6.45) is 5.70. The van der Waals surface area contributed by atoms with Crippen LogP contribution in [0.15, 0.2) is 36.9 Å². The Hall–Kier alpha value is -1.68. The summed E-state index contributed by atoms with van der Waals surface area (Å²) in [6, 6.07) is 9.45. The van der Waals surface area contributed by atoms with Gasteiger partial charge in [-0.05, 0) is 36.4 Å². The molecule has 1 aromatic carbocycles. The van der Waals surface area contributed by atoms with Crippen LogP contribution < -0.4 is 5.32 Å². The zero-order valence-electron chi connectivity index (χ0n) is 12.2. The standard InChI is InChI=1S/C16H22N4/c1-3-8-18-16-14-7-5-4-6-13(14)12(2)9-15(16)20-11-17-10-19-20/h4-7,10-12,15-16,18H,3,8-9H2,1-2H3. The van der Waals surface area contributed by atoms with Crippen molar-refractivity contribution in [3.63, 3.8) is 0 Å². The molecule has 20 heavy (non-hydrogen) atoms. The molecule has 4 heteroatoms. The number of hydrogen-bond donors (Lipinski definition) is 1. The minimum atomic E-state index is 0.323. The van der Waals surface area contributed by atoms with Gasteiger partial charge in [-0.15, -0.1) is 0 Å². The molecular formula is C16H22N4. The number of fused-ring (bicyclic) bond motifs is 1. The molecule has 3 unspecified atom stereocenters. The first-order valence-corrected chi connectivity index (χ1v) is 7.47. The lowest BCUT2D eigenvalue weighted by Gasteiger charge is -2.37. The van der Waals surface area contributed by atoms with Crippen LogP contribution in [0, 0.1) is 0 Å². The Morgan fingerprint density at radius 3 is 2.80 bits per heavy atom. The molecule has 1 heterocycles. The van der Waals surface area contributed by atoms with Gasteiger partial charge in [0, 0.05) is 0 Å². The molecule has 0 spiro atoms. The number of benzene rings is 1. The summed E-state index contributed by atoms with van der Waals surface area (Å²) >= 11 is 0. The normalized spacial score (nSPS) is 25.4. The van der Waals surface area contributed by atoms with E-state index >= 15 is 0 Å². The number of aromatic nitrogens is 3. The lowest BCUT2D eigenvalue weighted by Crippen LogP contribution is -2.35. The molecule has 3 atom stereocenters. The van der Waals surface area contributed by atoms with Crippen molar-refractivity contribution in [1.29, 1.82) is 0 Å². The number of nitrogens with zero attached hydrogens (tertiary/aromatic N) is 3. The second-order valence-corrected chi connectivity index (χ2v) is 5.64. The van der Waals surface area contributed by atoms with E-state index in [9.17, 15) is 0 Å². The van der Waals surface area contributed by atoms with Crippen molar-refractivity contribution in [3.8, 4) is 0 Å². The van der Waals surface area contributed by atoms with E-state index in [1.807, 2.05) is 11.0 Å². The minimum absolute atomic E-state index is 0.323. The number of hydrogen-bond acceptors (Lipinski definition) is 3. The summed E-state index contributed by atoms with van der Waals surface area (Å²) in [5.74, 6) is 0.556. The Labute approximate surface area is 120 Å². The summed E-state index contributed by atoms with van der Waals surface area (Å²) in [7, 11) is 0. The molecule has 1 aromatic heterocycles. The molecule has 0 aliphatic heterocycles. The van der Waals surface area contributed by atoms with Gasteiger partial charge in [-0.2, -0.15) is 5.10 Å². The Bertz CT molecular complexity index is 549. The van der Waals surface area contributed by atoms with Crippen molar-refractivity contribution in [3.05, 3.63) is 48.0 Å². The molecule has 0 amide bonds.